The molecule has 0 atom stereocenters. The lowest BCUT2D eigenvalue weighted by molar-refractivity contribution is 0.0952. The van der Waals surface area contributed by atoms with Crippen molar-refractivity contribution in [3.63, 3.8) is 0 Å². The summed E-state index contributed by atoms with van der Waals surface area (Å²) >= 11 is 8.99. The van der Waals surface area contributed by atoms with Crippen molar-refractivity contribution >= 4 is 60.4 Å². The topological polar surface area (TPSA) is 29.1 Å². The third-order valence-corrected chi connectivity index (χ3v) is 4.19. The minimum Gasteiger partial charge on any atom is -0.352 e. The van der Waals surface area contributed by atoms with Crippen LogP contribution in [0.25, 0.3) is 0 Å². The quantitative estimate of drug-likeness (QED) is 0.371. The average molecular weight is 475 g/mol. The van der Waals surface area contributed by atoms with Crippen molar-refractivity contribution in [2.75, 3.05) is 11.9 Å². The summed E-state index contributed by atoms with van der Waals surface area (Å²) in [6, 6.07) is 5.76. The number of carbonyl (C=O) groups is 1. The Morgan fingerprint density at radius 2 is 2.06 bits per heavy atom. The largest absolute Gasteiger partial charge is 0.352 e. The van der Waals surface area contributed by atoms with E-state index in [1.54, 1.807) is 0 Å². The molecule has 0 aliphatic rings. The van der Waals surface area contributed by atoms with E-state index in [9.17, 15) is 4.79 Å². The number of carbonyl (C=O) groups excluding carboxylic acids is 1. The molecule has 1 N–H and O–H groups in total. The fourth-order valence-electron chi connectivity index (χ4n) is 1.36. The van der Waals surface area contributed by atoms with Gasteiger partial charge in [-0.3, -0.25) is 4.79 Å². The third kappa shape index (κ3) is 5.70. The van der Waals surface area contributed by atoms with Crippen molar-refractivity contribution in [2.24, 2.45) is 0 Å². The zero-order valence-electron chi connectivity index (χ0n) is 9.31. The van der Waals surface area contributed by atoms with Gasteiger partial charge in [0.25, 0.3) is 5.91 Å². The van der Waals surface area contributed by atoms with Gasteiger partial charge in [0, 0.05) is 19.9 Å². The van der Waals surface area contributed by atoms with E-state index in [1.165, 1.54) is 0 Å². The summed E-state index contributed by atoms with van der Waals surface area (Å²) in [7, 11) is 0. The van der Waals surface area contributed by atoms with Crippen LogP contribution in [0.2, 0.25) is 0 Å². The molecular formula is C12H14Br2INO. The molecule has 17 heavy (non-hydrogen) atoms. The standard InChI is InChI=1S/C12H14Br2INO/c13-6-2-1-3-7-16-12(17)10-8-9(15)4-5-11(10)14/h4-5,8H,1-3,6-7H2,(H,16,17). The van der Waals surface area contributed by atoms with Gasteiger partial charge in [0.05, 0.1) is 5.56 Å². The molecule has 0 aliphatic carbocycles. The SMILES string of the molecule is O=C(NCCCCCBr)c1cc(I)ccc1Br. The number of amides is 1. The number of unbranched alkanes of at least 4 members (excludes halogenated alkanes) is 2. The van der Waals surface area contributed by atoms with E-state index in [4.69, 9.17) is 0 Å². The number of benzene rings is 1. The van der Waals surface area contributed by atoms with Crippen LogP contribution in [0, 0.1) is 3.57 Å². The first-order chi connectivity index (χ1) is 8.15. The molecule has 1 aromatic rings. The van der Waals surface area contributed by atoms with Crippen LogP contribution in [-0.2, 0) is 0 Å². The third-order valence-electron chi connectivity index (χ3n) is 2.27. The second-order valence-corrected chi connectivity index (χ2v) is 6.52. The maximum atomic E-state index is 11.9. The van der Waals surface area contributed by atoms with Gasteiger partial charge in [-0.25, -0.2) is 0 Å². The Morgan fingerprint density at radius 3 is 2.76 bits per heavy atom. The maximum absolute atomic E-state index is 11.9. The van der Waals surface area contributed by atoms with Crippen LogP contribution in [0.5, 0.6) is 0 Å². The molecule has 0 spiro atoms. The number of halogens is 3. The Labute approximate surface area is 132 Å². The van der Waals surface area contributed by atoms with Gasteiger partial charge in [-0.1, -0.05) is 22.4 Å². The van der Waals surface area contributed by atoms with Crippen LogP contribution in [0.4, 0.5) is 0 Å². The lowest BCUT2D eigenvalue weighted by Gasteiger charge is -2.07. The monoisotopic (exact) mass is 473 g/mol. The minimum absolute atomic E-state index is 0.00534. The molecule has 0 unspecified atom stereocenters. The van der Waals surface area contributed by atoms with E-state index in [-0.39, 0.29) is 5.91 Å². The van der Waals surface area contributed by atoms with Crippen molar-refractivity contribution in [1.29, 1.82) is 0 Å². The highest BCUT2D eigenvalue weighted by Crippen LogP contribution is 2.19. The van der Waals surface area contributed by atoms with Crippen molar-refractivity contribution in [3.05, 3.63) is 31.8 Å². The molecule has 1 amide bonds. The first kappa shape index (κ1) is 15.4. The van der Waals surface area contributed by atoms with E-state index < -0.39 is 0 Å². The number of rotatable bonds is 6. The fraction of sp³-hybridized carbons (Fsp3) is 0.417. The summed E-state index contributed by atoms with van der Waals surface area (Å²) in [5.74, 6) is -0.00534. The van der Waals surface area contributed by atoms with Gasteiger partial charge in [0.1, 0.15) is 0 Å². The first-order valence-electron chi connectivity index (χ1n) is 5.44. The Hall–Kier alpha value is 0.380. The van der Waals surface area contributed by atoms with E-state index in [0.717, 1.165) is 39.2 Å². The number of hydrogen-bond donors (Lipinski definition) is 1. The molecular weight excluding hydrogens is 461 g/mol. The predicted octanol–water partition coefficient (Wildman–Crippen LogP) is 4.35. The van der Waals surface area contributed by atoms with E-state index in [0.29, 0.717) is 5.56 Å². The minimum atomic E-state index is -0.00534. The Kier molecular flexibility index (Phi) is 7.70. The molecule has 1 rings (SSSR count). The van der Waals surface area contributed by atoms with Gasteiger partial charge in [-0.05, 0) is 69.6 Å². The molecule has 0 saturated heterocycles. The Bertz CT molecular complexity index is 385. The van der Waals surface area contributed by atoms with Crippen LogP contribution >= 0.6 is 54.5 Å². The van der Waals surface area contributed by atoms with E-state index >= 15 is 0 Å². The van der Waals surface area contributed by atoms with Gasteiger partial charge in [0.15, 0.2) is 0 Å². The Balaban J connectivity index is 2.44. The van der Waals surface area contributed by atoms with Crippen molar-refractivity contribution in [3.8, 4) is 0 Å². The molecule has 5 heteroatoms. The molecule has 0 saturated carbocycles. The van der Waals surface area contributed by atoms with E-state index in [1.807, 2.05) is 18.2 Å². The van der Waals surface area contributed by atoms with Gasteiger partial charge in [0.2, 0.25) is 0 Å². The van der Waals surface area contributed by atoms with Crippen molar-refractivity contribution < 1.29 is 4.79 Å². The summed E-state index contributed by atoms with van der Waals surface area (Å²) in [6.07, 6.45) is 3.32. The molecule has 0 heterocycles. The molecule has 0 fully saturated rings. The summed E-state index contributed by atoms with van der Waals surface area (Å²) in [4.78, 5) is 11.9. The number of hydrogen-bond acceptors (Lipinski definition) is 1. The zero-order chi connectivity index (χ0) is 12.7. The smallest absolute Gasteiger partial charge is 0.252 e. The molecule has 0 radical (unpaired) electrons. The lowest BCUT2D eigenvalue weighted by atomic mass is 10.2. The van der Waals surface area contributed by atoms with Gasteiger partial charge >= 0.3 is 0 Å². The van der Waals surface area contributed by atoms with E-state index in [2.05, 4.69) is 59.8 Å². The number of alkyl halides is 1. The summed E-state index contributed by atoms with van der Waals surface area (Å²) in [6.45, 7) is 0.740. The maximum Gasteiger partial charge on any atom is 0.252 e. The predicted molar refractivity (Wildman–Crippen MR) is 86.8 cm³/mol. The zero-order valence-corrected chi connectivity index (χ0v) is 14.6. The normalized spacial score (nSPS) is 10.3. The van der Waals surface area contributed by atoms with Gasteiger partial charge in [-0.2, -0.15) is 0 Å². The molecule has 0 bridgehead atoms. The van der Waals surface area contributed by atoms with Gasteiger partial charge < -0.3 is 5.32 Å². The highest BCUT2D eigenvalue weighted by atomic mass is 127. The fourth-order valence-corrected chi connectivity index (χ4v) is 2.68. The molecule has 94 valence electrons. The molecule has 0 aromatic heterocycles. The number of nitrogens with one attached hydrogen (secondary N) is 1. The molecule has 0 aliphatic heterocycles. The van der Waals surface area contributed by atoms with Crippen LogP contribution in [0.3, 0.4) is 0 Å². The summed E-state index contributed by atoms with van der Waals surface area (Å²) in [5, 5.41) is 3.97. The van der Waals surface area contributed by atoms with Crippen LogP contribution < -0.4 is 5.32 Å². The molecule has 1 aromatic carbocycles. The van der Waals surface area contributed by atoms with Gasteiger partial charge in [-0.15, -0.1) is 0 Å². The second kappa shape index (κ2) is 8.48. The Morgan fingerprint density at radius 1 is 1.29 bits per heavy atom. The second-order valence-electron chi connectivity index (χ2n) is 3.63. The van der Waals surface area contributed by atoms with Crippen LogP contribution in [0.1, 0.15) is 29.6 Å². The summed E-state index contributed by atoms with van der Waals surface area (Å²) in [5.41, 5.74) is 0.706. The lowest BCUT2D eigenvalue weighted by Crippen LogP contribution is -2.24. The van der Waals surface area contributed by atoms with Crippen LogP contribution in [-0.4, -0.2) is 17.8 Å². The average Bonchev–Trinajstić information content (AvgIpc) is 2.32. The first-order valence-corrected chi connectivity index (χ1v) is 8.43. The van der Waals surface area contributed by atoms with Crippen LogP contribution in [0.15, 0.2) is 22.7 Å². The van der Waals surface area contributed by atoms with Crippen molar-refractivity contribution in [2.45, 2.75) is 19.3 Å². The summed E-state index contributed by atoms with van der Waals surface area (Å²) < 4.78 is 1.91. The highest BCUT2D eigenvalue weighted by molar-refractivity contribution is 14.1. The molecule has 2 nitrogen and oxygen atoms in total. The highest BCUT2D eigenvalue weighted by Gasteiger charge is 2.09. The van der Waals surface area contributed by atoms with Crippen molar-refractivity contribution in [1.82, 2.24) is 5.32 Å².